The zero-order valence-corrected chi connectivity index (χ0v) is 16.8. The van der Waals surface area contributed by atoms with Gasteiger partial charge in [-0.1, -0.05) is 20.8 Å². The predicted octanol–water partition coefficient (Wildman–Crippen LogP) is 2.92. The average Bonchev–Trinajstić information content (AvgIpc) is 3.10. The Bertz CT molecular complexity index is 574. The lowest BCUT2D eigenvalue weighted by Gasteiger charge is -2.30. The van der Waals surface area contributed by atoms with Crippen LogP contribution in [0.2, 0.25) is 0 Å². The Hall–Kier alpha value is -1.42. The molecule has 1 N–H and O–H groups in total. The number of fused-ring (bicyclic) bond motifs is 1. The lowest BCUT2D eigenvalue weighted by molar-refractivity contribution is -0.133. The molecule has 1 saturated heterocycles. The van der Waals surface area contributed by atoms with Crippen LogP contribution in [0.4, 0.5) is 4.79 Å². The van der Waals surface area contributed by atoms with Gasteiger partial charge < -0.3 is 15.0 Å². The number of piperidine rings is 1. The van der Waals surface area contributed by atoms with E-state index in [1.54, 1.807) is 37.4 Å². The summed E-state index contributed by atoms with van der Waals surface area (Å²) >= 11 is 1.61. The average molecular weight is 368 g/mol. The highest BCUT2D eigenvalue weighted by molar-refractivity contribution is 8.00. The third-order valence-electron chi connectivity index (χ3n) is 4.18. The van der Waals surface area contributed by atoms with Crippen LogP contribution in [-0.2, 0) is 9.53 Å². The van der Waals surface area contributed by atoms with Gasteiger partial charge >= 0.3 is 6.09 Å². The van der Waals surface area contributed by atoms with Gasteiger partial charge in [0.25, 0.3) is 0 Å². The van der Waals surface area contributed by atoms with Gasteiger partial charge in [-0.3, -0.25) is 4.79 Å². The van der Waals surface area contributed by atoms with Gasteiger partial charge in [-0.2, -0.15) is 17.0 Å². The minimum Gasteiger partial charge on any atom is -0.444 e. The molecule has 2 unspecified atom stereocenters. The molecule has 2 fully saturated rings. The Kier molecular flexibility index (Phi) is 5.62. The zero-order chi connectivity index (χ0) is 19.0. The maximum Gasteiger partial charge on any atom is 0.408 e. The molecule has 4 atom stereocenters. The Morgan fingerprint density at radius 2 is 1.92 bits per heavy atom. The summed E-state index contributed by atoms with van der Waals surface area (Å²) in [4.78, 5) is 26.9. The van der Waals surface area contributed by atoms with Gasteiger partial charge in [0.05, 0.1) is 6.07 Å². The minimum absolute atomic E-state index is 0.0318. The third-order valence-corrected chi connectivity index (χ3v) is 5.55. The molecule has 0 spiro atoms. The van der Waals surface area contributed by atoms with Crippen molar-refractivity contribution in [1.29, 1.82) is 5.26 Å². The van der Waals surface area contributed by atoms with Crippen LogP contribution in [0.3, 0.4) is 0 Å². The van der Waals surface area contributed by atoms with Crippen molar-refractivity contribution in [3.8, 4) is 6.07 Å². The van der Waals surface area contributed by atoms with E-state index in [0.29, 0.717) is 11.7 Å². The summed E-state index contributed by atoms with van der Waals surface area (Å²) in [5.74, 6) is 0.735. The summed E-state index contributed by atoms with van der Waals surface area (Å²) in [7, 11) is 0. The van der Waals surface area contributed by atoms with Crippen molar-refractivity contribution in [2.75, 3.05) is 5.75 Å². The number of likely N-dealkylation sites (tertiary alicyclic amines) is 1. The van der Waals surface area contributed by atoms with Gasteiger partial charge in [0.15, 0.2) is 0 Å². The number of ether oxygens (including phenoxy) is 1. The largest absolute Gasteiger partial charge is 0.444 e. The number of nitrogens with one attached hydrogen (secondary N) is 1. The molecule has 140 valence electrons. The molecule has 1 heterocycles. The summed E-state index contributed by atoms with van der Waals surface area (Å²) < 4.78 is 5.28. The molecular formula is C18H29N3O3S. The molecule has 2 amide bonds. The van der Waals surface area contributed by atoms with Crippen LogP contribution in [0, 0.1) is 17.2 Å². The highest BCUT2D eigenvalue weighted by atomic mass is 32.2. The van der Waals surface area contributed by atoms with Crippen LogP contribution >= 0.6 is 11.8 Å². The quantitative estimate of drug-likeness (QED) is 0.826. The van der Waals surface area contributed by atoms with Crippen LogP contribution < -0.4 is 5.32 Å². The maximum atomic E-state index is 13.1. The molecule has 7 heteroatoms. The molecule has 1 aliphatic heterocycles. The fourth-order valence-corrected chi connectivity index (χ4v) is 3.92. The summed E-state index contributed by atoms with van der Waals surface area (Å²) in [5.41, 5.74) is -0.626. The molecule has 0 aromatic heterocycles. The van der Waals surface area contributed by atoms with Crippen molar-refractivity contribution in [2.24, 2.45) is 5.92 Å². The van der Waals surface area contributed by atoms with E-state index in [1.807, 2.05) is 0 Å². The Morgan fingerprint density at radius 3 is 2.44 bits per heavy atom. The van der Waals surface area contributed by atoms with Gasteiger partial charge in [0.2, 0.25) is 5.91 Å². The molecule has 0 bridgehead atoms. The van der Waals surface area contributed by atoms with Crippen molar-refractivity contribution in [3.05, 3.63) is 0 Å². The molecule has 6 nitrogen and oxygen atoms in total. The van der Waals surface area contributed by atoms with E-state index in [4.69, 9.17) is 4.74 Å². The molecular weight excluding hydrogens is 338 g/mol. The third kappa shape index (κ3) is 5.53. The molecule has 25 heavy (non-hydrogen) atoms. The van der Waals surface area contributed by atoms with Crippen molar-refractivity contribution < 1.29 is 14.3 Å². The first-order valence-electron chi connectivity index (χ1n) is 8.76. The summed E-state index contributed by atoms with van der Waals surface area (Å²) in [6.45, 7) is 11.6. The summed E-state index contributed by atoms with van der Waals surface area (Å²) in [5, 5.41) is 12.1. The van der Waals surface area contributed by atoms with Crippen LogP contribution in [0.5, 0.6) is 0 Å². The number of amides is 2. The molecule has 2 aliphatic rings. The van der Waals surface area contributed by atoms with Gasteiger partial charge in [-0.25, -0.2) is 4.79 Å². The number of carbonyl (C=O) groups excluding carboxylic acids is 2. The molecule has 0 radical (unpaired) electrons. The molecule has 1 saturated carbocycles. The second-order valence-electron chi connectivity index (χ2n) is 8.81. The van der Waals surface area contributed by atoms with Crippen LogP contribution in [0.15, 0.2) is 0 Å². The van der Waals surface area contributed by atoms with E-state index in [0.717, 1.165) is 12.8 Å². The van der Waals surface area contributed by atoms with Crippen molar-refractivity contribution in [3.63, 3.8) is 0 Å². The maximum absolute atomic E-state index is 13.1. The fraction of sp³-hybridized carbons (Fsp3) is 0.833. The summed E-state index contributed by atoms with van der Waals surface area (Å²) in [6, 6.07) is 1.33. The number of hydrogen-bond acceptors (Lipinski definition) is 5. The number of nitrogens with zero attached hydrogens (tertiary/aromatic N) is 2. The van der Waals surface area contributed by atoms with Gasteiger partial charge in [0.1, 0.15) is 17.7 Å². The van der Waals surface area contributed by atoms with Crippen molar-refractivity contribution in [1.82, 2.24) is 10.2 Å². The van der Waals surface area contributed by atoms with Gasteiger partial charge in [-0.15, -0.1) is 0 Å². The zero-order valence-electron chi connectivity index (χ0n) is 16.0. The van der Waals surface area contributed by atoms with E-state index in [1.165, 1.54) is 0 Å². The van der Waals surface area contributed by atoms with E-state index >= 15 is 0 Å². The van der Waals surface area contributed by atoms with Gasteiger partial charge in [-0.05, 0) is 39.5 Å². The fourth-order valence-electron chi connectivity index (χ4n) is 3.03. The van der Waals surface area contributed by atoms with E-state index in [9.17, 15) is 14.9 Å². The molecule has 0 aromatic carbocycles. The standard InChI is InChI=1S/C18H29N3O3S/c1-17(2,3)24-16(23)20-13(10-25-18(4,5)6)15(22)21-12(9-19)7-11-8-14(11)21/h11-14H,7-8,10H2,1-6H3,(H,20,23)/t11-,12?,13?,14+/m1/s1. The first kappa shape index (κ1) is 19.9. The van der Waals surface area contributed by atoms with Crippen LogP contribution in [0.25, 0.3) is 0 Å². The Balaban J connectivity index is 2.09. The number of alkyl carbamates (subject to hydrolysis) is 1. The first-order chi connectivity index (χ1) is 11.4. The lowest BCUT2D eigenvalue weighted by atomic mass is 10.1. The monoisotopic (exact) mass is 367 g/mol. The first-order valence-corrected chi connectivity index (χ1v) is 9.75. The number of hydrogen-bond donors (Lipinski definition) is 1. The Morgan fingerprint density at radius 1 is 1.28 bits per heavy atom. The normalized spacial score (nSPS) is 26.4. The molecule has 1 aliphatic carbocycles. The molecule has 2 rings (SSSR count). The smallest absolute Gasteiger partial charge is 0.408 e. The number of nitriles is 1. The minimum atomic E-state index is -0.686. The summed E-state index contributed by atoms with van der Waals surface area (Å²) in [6.07, 6.45) is 1.12. The lowest BCUT2D eigenvalue weighted by Crippen LogP contribution is -2.53. The second-order valence-corrected chi connectivity index (χ2v) is 10.7. The van der Waals surface area contributed by atoms with Gasteiger partial charge in [0, 0.05) is 16.5 Å². The topological polar surface area (TPSA) is 82.4 Å². The van der Waals surface area contributed by atoms with Crippen molar-refractivity contribution in [2.45, 2.75) is 82.9 Å². The predicted molar refractivity (Wildman–Crippen MR) is 98.1 cm³/mol. The van der Waals surface area contributed by atoms with Crippen LogP contribution in [-0.4, -0.2) is 51.1 Å². The van der Waals surface area contributed by atoms with E-state index < -0.39 is 17.7 Å². The van der Waals surface area contributed by atoms with E-state index in [-0.39, 0.29) is 22.7 Å². The Labute approximate surface area is 154 Å². The highest BCUT2D eigenvalue weighted by Crippen LogP contribution is 2.48. The molecule has 0 aromatic rings. The number of carbonyl (C=O) groups is 2. The second kappa shape index (κ2) is 7.06. The van der Waals surface area contributed by atoms with E-state index in [2.05, 4.69) is 32.2 Å². The SMILES string of the molecule is CC(C)(C)OC(=O)NC(CSC(C)(C)C)C(=O)N1C(C#N)C[C@@H]2C[C@@H]21. The highest BCUT2D eigenvalue weighted by Gasteiger charge is 2.55. The van der Waals surface area contributed by atoms with Crippen molar-refractivity contribution >= 4 is 23.8 Å². The number of rotatable bonds is 4. The van der Waals surface area contributed by atoms with Crippen LogP contribution in [0.1, 0.15) is 54.4 Å². The number of thioether (sulfide) groups is 1.